The molecular formula is C15H18N2O. The molecule has 0 aromatic heterocycles. The zero-order valence-electron chi connectivity index (χ0n) is 10.9. The first-order valence-corrected chi connectivity index (χ1v) is 6.54. The van der Waals surface area contributed by atoms with Gasteiger partial charge in [0.2, 0.25) is 5.91 Å². The maximum Gasteiger partial charge on any atom is 0.235 e. The van der Waals surface area contributed by atoms with E-state index in [-0.39, 0.29) is 5.91 Å². The smallest absolute Gasteiger partial charge is 0.235 e. The van der Waals surface area contributed by atoms with Gasteiger partial charge in [0.1, 0.15) is 0 Å². The van der Waals surface area contributed by atoms with Crippen LogP contribution in [0.1, 0.15) is 50.7 Å². The highest BCUT2D eigenvalue weighted by Gasteiger charge is 2.45. The van der Waals surface area contributed by atoms with E-state index in [1.165, 1.54) is 0 Å². The van der Waals surface area contributed by atoms with Crippen LogP contribution in [0.3, 0.4) is 0 Å². The molecule has 18 heavy (non-hydrogen) atoms. The molecule has 0 aliphatic carbocycles. The van der Waals surface area contributed by atoms with Crippen molar-refractivity contribution in [1.82, 2.24) is 0 Å². The molecular weight excluding hydrogens is 224 g/mol. The zero-order chi connectivity index (χ0) is 13.2. The molecule has 0 bridgehead atoms. The molecule has 2 rings (SSSR count). The lowest BCUT2D eigenvalue weighted by atomic mass is 9.74. The molecule has 0 fully saturated rings. The van der Waals surface area contributed by atoms with Gasteiger partial charge in [-0.2, -0.15) is 5.26 Å². The Morgan fingerprint density at radius 3 is 2.50 bits per heavy atom. The zero-order valence-corrected chi connectivity index (χ0v) is 10.9. The molecule has 1 aliphatic rings. The van der Waals surface area contributed by atoms with Crippen LogP contribution >= 0.6 is 0 Å². The molecule has 1 heterocycles. The number of carbonyl (C=O) groups is 1. The van der Waals surface area contributed by atoms with E-state index in [0.717, 1.165) is 36.9 Å². The Kier molecular flexibility index (Phi) is 3.38. The predicted octanol–water partition coefficient (Wildman–Crippen LogP) is 3.35. The number of fused-ring (bicyclic) bond motifs is 1. The molecule has 3 nitrogen and oxygen atoms in total. The fraction of sp³-hybridized carbons (Fsp3) is 0.467. The minimum atomic E-state index is -0.425. The van der Waals surface area contributed by atoms with Crippen molar-refractivity contribution in [3.05, 3.63) is 29.3 Å². The van der Waals surface area contributed by atoms with Gasteiger partial charge in [-0.25, -0.2) is 0 Å². The standard InChI is InChI=1S/C15H18N2O/c1-3-7-15(8-4-2)12-9-11(10-16)5-6-13(12)17-14(15)18/h5-6,9H,3-4,7-8H2,1-2H3,(H,17,18). The van der Waals surface area contributed by atoms with Crippen LogP contribution in [-0.4, -0.2) is 5.91 Å². The van der Waals surface area contributed by atoms with Gasteiger partial charge in [0, 0.05) is 5.69 Å². The number of nitrogens with zero attached hydrogens (tertiary/aromatic N) is 1. The van der Waals surface area contributed by atoms with E-state index in [9.17, 15) is 4.79 Å². The number of benzene rings is 1. The normalized spacial score (nSPS) is 15.9. The maximum atomic E-state index is 12.3. The number of nitrogens with one attached hydrogen (secondary N) is 1. The number of carbonyl (C=O) groups excluding carboxylic acids is 1. The van der Waals surface area contributed by atoms with Crippen LogP contribution in [0.4, 0.5) is 5.69 Å². The van der Waals surface area contributed by atoms with Crippen molar-refractivity contribution < 1.29 is 4.79 Å². The Labute approximate surface area is 108 Å². The lowest BCUT2D eigenvalue weighted by Gasteiger charge is -2.26. The maximum absolute atomic E-state index is 12.3. The summed E-state index contributed by atoms with van der Waals surface area (Å²) >= 11 is 0. The third-order valence-electron chi connectivity index (χ3n) is 3.70. The summed E-state index contributed by atoms with van der Waals surface area (Å²) in [6, 6.07) is 7.63. The molecule has 94 valence electrons. The number of hydrogen-bond acceptors (Lipinski definition) is 2. The summed E-state index contributed by atoms with van der Waals surface area (Å²) in [4.78, 5) is 12.3. The molecule has 0 saturated carbocycles. The molecule has 0 saturated heterocycles. The summed E-state index contributed by atoms with van der Waals surface area (Å²) in [7, 11) is 0. The third kappa shape index (κ3) is 1.78. The van der Waals surface area contributed by atoms with Crippen molar-refractivity contribution in [3.8, 4) is 6.07 Å². The van der Waals surface area contributed by atoms with Crippen LogP contribution in [0.15, 0.2) is 18.2 Å². The molecule has 0 spiro atoms. The molecule has 3 heteroatoms. The molecule has 1 N–H and O–H groups in total. The van der Waals surface area contributed by atoms with E-state index in [0.29, 0.717) is 5.56 Å². The van der Waals surface area contributed by atoms with Crippen LogP contribution in [0.2, 0.25) is 0 Å². The van der Waals surface area contributed by atoms with Gasteiger partial charge in [-0.1, -0.05) is 26.7 Å². The van der Waals surface area contributed by atoms with Gasteiger partial charge >= 0.3 is 0 Å². The van der Waals surface area contributed by atoms with E-state index >= 15 is 0 Å². The van der Waals surface area contributed by atoms with Gasteiger partial charge < -0.3 is 5.32 Å². The van der Waals surface area contributed by atoms with Crippen molar-refractivity contribution in [2.45, 2.75) is 44.9 Å². The predicted molar refractivity (Wildman–Crippen MR) is 71.3 cm³/mol. The Morgan fingerprint density at radius 2 is 1.94 bits per heavy atom. The lowest BCUT2D eigenvalue weighted by Crippen LogP contribution is -2.34. The fourth-order valence-electron chi connectivity index (χ4n) is 2.96. The first-order valence-electron chi connectivity index (χ1n) is 6.54. The minimum absolute atomic E-state index is 0.0938. The summed E-state index contributed by atoms with van der Waals surface area (Å²) in [6.45, 7) is 4.19. The Bertz CT molecular complexity index is 508. The molecule has 1 aromatic carbocycles. The number of hydrogen-bond donors (Lipinski definition) is 1. The van der Waals surface area contributed by atoms with Crippen LogP contribution in [0, 0.1) is 11.3 Å². The van der Waals surface area contributed by atoms with E-state index in [1.807, 2.05) is 12.1 Å². The van der Waals surface area contributed by atoms with Crippen molar-refractivity contribution >= 4 is 11.6 Å². The Balaban J connectivity index is 2.55. The molecule has 1 aliphatic heterocycles. The molecule has 1 aromatic rings. The summed E-state index contributed by atoms with van der Waals surface area (Å²) in [6.07, 6.45) is 3.61. The van der Waals surface area contributed by atoms with E-state index in [2.05, 4.69) is 25.2 Å². The van der Waals surface area contributed by atoms with Crippen LogP contribution < -0.4 is 5.32 Å². The number of amides is 1. The van der Waals surface area contributed by atoms with E-state index in [4.69, 9.17) is 5.26 Å². The van der Waals surface area contributed by atoms with Gasteiger partial charge in [-0.05, 0) is 36.6 Å². The number of anilines is 1. The largest absolute Gasteiger partial charge is 0.325 e. The summed E-state index contributed by atoms with van der Waals surface area (Å²) < 4.78 is 0. The second kappa shape index (κ2) is 4.81. The van der Waals surface area contributed by atoms with Crippen LogP contribution in [0.5, 0.6) is 0 Å². The lowest BCUT2D eigenvalue weighted by molar-refractivity contribution is -0.121. The minimum Gasteiger partial charge on any atom is -0.325 e. The first-order chi connectivity index (χ1) is 8.67. The topological polar surface area (TPSA) is 52.9 Å². The van der Waals surface area contributed by atoms with Gasteiger partial charge in [0.05, 0.1) is 17.0 Å². The van der Waals surface area contributed by atoms with Crippen LogP contribution in [-0.2, 0) is 10.2 Å². The van der Waals surface area contributed by atoms with Crippen LogP contribution in [0.25, 0.3) is 0 Å². The van der Waals surface area contributed by atoms with Gasteiger partial charge in [0.15, 0.2) is 0 Å². The molecule has 0 atom stereocenters. The van der Waals surface area contributed by atoms with Crippen molar-refractivity contribution in [2.24, 2.45) is 0 Å². The van der Waals surface area contributed by atoms with Crippen molar-refractivity contribution in [3.63, 3.8) is 0 Å². The molecule has 0 radical (unpaired) electrons. The monoisotopic (exact) mass is 242 g/mol. The summed E-state index contributed by atoms with van der Waals surface area (Å²) in [5.74, 6) is 0.0938. The fourth-order valence-corrected chi connectivity index (χ4v) is 2.96. The first kappa shape index (κ1) is 12.6. The highest BCUT2D eigenvalue weighted by molar-refractivity contribution is 6.06. The second-order valence-corrected chi connectivity index (χ2v) is 4.91. The van der Waals surface area contributed by atoms with Crippen molar-refractivity contribution in [1.29, 1.82) is 5.26 Å². The van der Waals surface area contributed by atoms with E-state index < -0.39 is 5.41 Å². The third-order valence-corrected chi connectivity index (χ3v) is 3.70. The second-order valence-electron chi connectivity index (χ2n) is 4.91. The Morgan fingerprint density at radius 1 is 1.28 bits per heavy atom. The molecule has 1 amide bonds. The summed E-state index contributed by atoms with van der Waals surface area (Å²) in [5, 5.41) is 12.0. The van der Waals surface area contributed by atoms with Crippen molar-refractivity contribution in [2.75, 3.05) is 5.32 Å². The molecule has 0 unspecified atom stereocenters. The van der Waals surface area contributed by atoms with Gasteiger partial charge in [0.25, 0.3) is 0 Å². The quantitative estimate of drug-likeness (QED) is 0.880. The summed E-state index contributed by atoms with van der Waals surface area (Å²) in [5.41, 5.74) is 2.09. The highest BCUT2D eigenvalue weighted by Crippen LogP contribution is 2.44. The van der Waals surface area contributed by atoms with Gasteiger partial charge in [-0.15, -0.1) is 0 Å². The average molecular weight is 242 g/mol. The number of nitriles is 1. The highest BCUT2D eigenvalue weighted by atomic mass is 16.2. The average Bonchev–Trinajstić information content (AvgIpc) is 2.63. The van der Waals surface area contributed by atoms with E-state index in [1.54, 1.807) is 6.07 Å². The SMILES string of the molecule is CCCC1(CCC)C(=O)Nc2ccc(C#N)cc21. The Hall–Kier alpha value is -1.82. The number of rotatable bonds is 4. The van der Waals surface area contributed by atoms with Gasteiger partial charge in [-0.3, -0.25) is 4.79 Å².